The van der Waals surface area contributed by atoms with Crippen molar-refractivity contribution in [2.75, 3.05) is 10.6 Å². The second-order valence-corrected chi connectivity index (χ2v) is 11.8. The molecule has 0 unspecified atom stereocenters. The number of phenolic OH excluding ortho intramolecular Hbond substituents is 1. The molecule has 1 heterocycles. The largest absolute Gasteiger partial charge is 0.507 e. The predicted molar refractivity (Wildman–Crippen MR) is 153 cm³/mol. The smallest absolute Gasteiger partial charge is 0.324 e. The number of nitrogens with zero attached hydrogens (tertiary/aromatic N) is 1. The van der Waals surface area contributed by atoms with Gasteiger partial charge in [-0.3, -0.25) is 14.7 Å². The van der Waals surface area contributed by atoms with E-state index in [0.717, 1.165) is 12.1 Å². The molecule has 39 heavy (non-hydrogen) atoms. The highest BCUT2D eigenvalue weighted by Gasteiger charge is 2.28. The van der Waals surface area contributed by atoms with Crippen molar-refractivity contribution in [2.45, 2.75) is 52.4 Å². The quantitative estimate of drug-likeness (QED) is 0.256. The standard InChI is InChI=1S/C31H33F2N3O3/c1-30(2,3)21-14-17(15-22(26(21)37)31(4,5)6)25-19-10-8-9-11-20(19)28(38)36(7)27(25)35-29(39)34-24-13-12-18(32)16-23(24)33/h8-16,37H,1-7H3,(H2,34,35,39). The number of aromatic hydroxyl groups is 1. The number of benzene rings is 3. The Morgan fingerprint density at radius 2 is 1.41 bits per heavy atom. The number of carbonyl (C=O) groups is 1. The van der Waals surface area contributed by atoms with Gasteiger partial charge >= 0.3 is 6.03 Å². The molecule has 0 spiro atoms. The molecule has 3 aromatic carbocycles. The number of rotatable bonds is 3. The summed E-state index contributed by atoms with van der Waals surface area (Å²) >= 11 is 0. The second-order valence-electron chi connectivity index (χ2n) is 11.8. The van der Waals surface area contributed by atoms with E-state index >= 15 is 0 Å². The van der Waals surface area contributed by atoms with Crippen LogP contribution in [0.5, 0.6) is 5.75 Å². The number of halogens is 2. The van der Waals surface area contributed by atoms with Crippen LogP contribution in [-0.2, 0) is 17.9 Å². The van der Waals surface area contributed by atoms with Gasteiger partial charge in [0.05, 0.1) is 5.69 Å². The number of anilines is 2. The summed E-state index contributed by atoms with van der Waals surface area (Å²) in [5, 5.41) is 17.4. The molecule has 4 rings (SSSR count). The summed E-state index contributed by atoms with van der Waals surface area (Å²) in [5.74, 6) is -1.31. The number of fused-ring (bicyclic) bond motifs is 1. The van der Waals surface area contributed by atoms with Crippen molar-refractivity contribution in [3.05, 3.63) is 87.7 Å². The number of amides is 2. The molecule has 0 aliphatic carbocycles. The molecular weight excluding hydrogens is 500 g/mol. The highest BCUT2D eigenvalue weighted by Crippen LogP contribution is 2.44. The van der Waals surface area contributed by atoms with E-state index in [1.807, 2.05) is 53.7 Å². The maximum atomic E-state index is 14.2. The van der Waals surface area contributed by atoms with Crippen molar-refractivity contribution in [1.29, 1.82) is 0 Å². The first-order chi connectivity index (χ1) is 18.1. The third-order valence-corrected chi connectivity index (χ3v) is 6.73. The third kappa shape index (κ3) is 5.37. The van der Waals surface area contributed by atoms with Crippen LogP contribution in [0.3, 0.4) is 0 Å². The fourth-order valence-corrected chi connectivity index (χ4v) is 4.68. The number of phenols is 1. The first kappa shape index (κ1) is 27.8. The molecule has 204 valence electrons. The minimum absolute atomic E-state index is 0.184. The first-order valence-corrected chi connectivity index (χ1v) is 12.6. The van der Waals surface area contributed by atoms with Crippen molar-refractivity contribution < 1.29 is 18.7 Å². The molecule has 8 heteroatoms. The Balaban J connectivity index is 2.00. The van der Waals surface area contributed by atoms with E-state index in [2.05, 4.69) is 10.6 Å². The van der Waals surface area contributed by atoms with Gasteiger partial charge in [0, 0.05) is 35.2 Å². The minimum atomic E-state index is -0.930. The second kappa shape index (κ2) is 9.84. The molecule has 1 aromatic heterocycles. The molecular formula is C31H33F2N3O3. The van der Waals surface area contributed by atoms with E-state index in [-0.39, 0.29) is 22.8 Å². The molecule has 0 saturated heterocycles. The van der Waals surface area contributed by atoms with Gasteiger partial charge in [0.2, 0.25) is 0 Å². The number of carbonyl (C=O) groups excluding carboxylic acids is 1. The Morgan fingerprint density at radius 3 is 1.95 bits per heavy atom. The Bertz CT molecular complexity index is 1630. The van der Waals surface area contributed by atoms with E-state index in [1.54, 1.807) is 31.3 Å². The van der Waals surface area contributed by atoms with E-state index in [0.29, 0.717) is 39.1 Å². The molecule has 2 amide bonds. The zero-order valence-electron chi connectivity index (χ0n) is 23.2. The van der Waals surface area contributed by atoms with Crippen LogP contribution in [0.2, 0.25) is 0 Å². The maximum Gasteiger partial charge on any atom is 0.324 e. The normalized spacial score (nSPS) is 12.0. The molecule has 0 radical (unpaired) electrons. The summed E-state index contributed by atoms with van der Waals surface area (Å²) in [7, 11) is 1.54. The molecule has 0 aliphatic rings. The zero-order chi connectivity index (χ0) is 28.9. The summed E-state index contributed by atoms with van der Waals surface area (Å²) in [6, 6.07) is 12.9. The summed E-state index contributed by atoms with van der Waals surface area (Å²) in [6.45, 7) is 12.0. The molecule has 0 aliphatic heterocycles. The molecule has 0 fully saturated rings. The lowest BCUT2D eigenvalue weighted by Gasteiger charge is -2.29. The molecule has 4 aromatic rings. The van der Waals surface area contributed by atoms with Gasteiger partial charge in [0.1, 0.15) is 23.2 Å². The lowest BCUT2D eigenvalue weighted by molar-refractivity contribution is 0.262. The van der Waals surface area contributed by atoms with Crippen molar-refractivity contribution in [1.82, 2.24) is 4.57 Å². The van der Waals surface area contributed by atoms with Gasteiger partial charge in [0.25, 0.3) is 5.56 Å². The minimum Gasteiger partial charge on any atom is -0.507 e. The maximum absolute atomic E-state index is 14.2. The molecule has 3 N–H and O–H groups in total. The zero-order valence-corrected chi connectivity index (χ0v) is 23.2. The highest BCUT2D eigenvalue weighted by atomic mass is 19.1. The Hall–Kier alpha value is -4.20. The molecule has 0 saturated carbocycles. The van der Waals surface area contributed by atoms with Gasteiger partial charge in [0.15, 0.2) is 0 Å². The number of aromatic nitrogens is 1. The van der Waals surface area contributed by atoms with Gasteiger partial charge in [-0.1, -0.05) is 59.7 Å². The van der Waals surface area contributed by atoms with Crippen LogP contribution >= 0.6 is 0 Å². The van der Waals surface area contributed by atoms with Gasteiger partial charge in [-0.15, -0.1) is 0 Å². The molecule has 0 atom stereocenters. The van der Waals surface area contributed by atoms with Crippen molar-refractivity contribution in [3.63, 3.8) is 0 Å². The van der Waals surface area contributed by atoms with Crippen LogP contribution in [0.1, 0.15) is 52.7 Å². The van der Waals surface area contributed by atoms with Crippen molar-refractivity contribution in [2.24, 2.45) is 7.05 Å². The van der Waals surface area contributed by atoms with E-state index < -0.39 is 28.5 Å². The van der Waals surface area contributed by atoms with Gasteiger partial charge in [-0.05, 0) is 52.1 Å². The number of hydrogen-bond acceptors (Lipinski definition) is 3. The van der Waals surface area contributed by atoms with E-state index in [1.165, 1.54) is 4.57 Å². The lowest BCUT2D eigenvalue weighted by Crippen LogP contribution is -2.27. The van der Waals surface area contributed by atoms with E-state index in [9.17, 15) is 23.5 Å². The van der Waals surface area contributed by atoms with Crippen LogP contribution in [-0.4, -0.2) is 15.7 Å². The first-order valence-electron chi connectivity index (χ1n) is 12.6. The van der Waals surface area contributed by atoms with Crippen LogP contribution in [0.4, 0.5) is 25.1 Å². The fraction of sp³-hybridized carbons (Fsp3) is 0.290. The summed E-state index contributed by atoms with van der Waals surface area (Å²) in [5.41, 5.74) is 1.32. The van der Waals surface area contributed by atoms with Gasteiger partial charge < -0.3 is 10.4 Å². The predicted octanol–water partition coefficient (Wildman–Crippen LogP) is 7.43. The van der Waals surface area contributed by atoms with Gasteiger partial charge in [-0.25, -0.2) is 13.6 Å². The van der Waals surface area contributed by atoms with Gasteiger partial charge in [-0.2, -0.15) is 0 Å². The fourth-order valence-electron chi connectivity index (χ4n) is 4.68. The molecule has 6 nitrogen and oxygen atoms in total. The number of pyridine rings is 1. The number of hydrogen-bond donors (Lipinski definition) is 3. The Labute approximate surface area is 226 Å². The van der Waals surface area contributed by atoms with Crippen LogP contribution < -0.4 is 16.2 Å². The monoisotopic (exact) mass is 533 g/mol. The van der Waals surface area contributed by atoms with Crippen molar-refractivity contribution in [3.8, 4) is 16.9 Å². The number of nitrogens with one attached hydrogen (secondary N) is 2. The summed E-state index contributed by atoms with van der Waals surface area (Å²) < 4.78 is 28.9. The van der Waals surface area contributed by atoms with Crippen LogP contribution in [0.25, 0.3) is 21.9 Å². The van der Waals surface area contributed by atoms with Crippen LogP contribution in [0, 0.1) is 11.6 Å². The Morgan fingerprint density at radius 1 is 0.846 bits per heavy atom. The average molecular weight is 534 g/mol. The highest BCUT2D eigenvalue weighted by molar-refractivity contribution is 6.07. The molecule has 0 bridgehead atoms. The summed E-state index contributed by atoms with van der Waals surface area (Å²) in [4.78, 5) is 26.4. The van der Waals surface area contributed by atoms with E-state index in [4.69, 9.17) is 0 Å². The SMILES string of the molecule is Cn1c(NC(=O)Nc2ccc(F)cc2F)c(-c2cc(C(C)(C)C)c(O)c(C(C)(C)C)c2)c2ccccc2c1=O. The van der Waals surface area contributed by atoms with Crippen molar-refractivity contribution >= 4 is 28.3 Å². The summed E-state index contributed by atoms with van der Waals surface area (Å²) in [6.07, 6.45) is 0. The average Bonchev–Trinajstić information content (AvgIpc) is 2.83. The number of urea groups is 1. The third-order valence-electron chi connectivity index (χ3n) is 6.73. The van der Waals surface area contributed by atoms with Crippen LogP contribution in [0.15, 0.2) is 59.4 Å². The Kier molecular flexibility index (Phi) is 7.02. The topological polar surface area (TPSA) is 83.4 Å². The lowest BCUT2D eigenvalue weighted by atomic mass is 9.77.